The van der Waals surface area contributed by atoms with Crippen LogP contribution in [0.5, 0.6) is 0 Å². The maximum absolute atomic E-state index is 11.9. The van der Waals surface area contributed by atoms with Crippen LogP contribution < -0.4 is 10.6 Å². The Kier molecular flexibility index (Phi) is 3.79. The van der Waals surface area contributed by atoms with Crippen molar-refractivity contribution in [2.45, 2.75) is 45.1 Å². The lowest BCUT2D eigenvalue weighted by atomic mass is 9.78. The van der Waals surface area contributed by atoms with Gasteiger partial charge in [0.1, 0.15) is 11.5 Å². The van der Waals surface area contributed by atoms with E-state index in [2.05, 4.69) is 34.4 Å². The van der Waals surface area contributed by atoms with E-state index < -0.39 is 0 Å². The Morgan fingerprint density at radius 1 is 1.39 bits per heavy atom. The Morgan fingerprint density at radius 3 is 2.67 bits per heavy atom. The highest BCUT2D eigenvalue weighted by Crippen LogP contribution is 2.31. The summed E-state index contributed by atoms with van der Waals surface area (Å²) in [6.07, 6.45) is 7.43. The molecule has 2 rings (SSSR count). The van der Waals surface area contributed by atoms with E-state index in [-0.39, 0.29) is 11.4 Å². The molecule has 0 bridgehead atoms. The first-order valence-electron chi connectivity index (χ1n) is 6.51. The molecule has 1 fully saturated rings. The molecule has 98 valence electrons. The number of hydrogen-bond acceptors (Lipinski definition) is 4. The van der Waals surface area contributed by atoms with E-state index >= 15 is 0 Å². The molecule has 0 spiro atoms. The van der Waals surface area contributed by atoms with Gasteiger partial charge in [-0.25, -0.2) is 9.97 Å². The number of aromatic nitrogens is 2. The first-order chi connectivity index (χ1) is 8.63. The van der Waals surface area contributed by atoms with Crippen LogP contribution in [0.2, 0.25) is 0 Å². The van der Waals surface area contributed by atoms with Gasteiger partial charge < -0.3 is 10.6 Å². The number of carbonyl (C=O) groups excluding carboxylic acids is 1. The standard InChI is InChI=1S/C13H20N4O/c1-3-7-14-11-9-15-10(8-16-11)12(18)17-13(2)5-4-6-13/h8-9H,3-7H2,1-2H3,(H,14,16)(H,17,18). The summed E-state index contributed by atoms with van der Waals surface area (Å²) in [6, 6.07) is 0. The maximum Gasteiger partial charge on any atom is 0.271 e. The lowest BCUT2D eigenvalue weighted by molar-refractivity contribution is 0.0845. The van der Waals surface area contributed by atoms with Crippen molar-refractivity contribution in [1.29, 1.82) is 0 Å². The third-order valence-electron chi connectivity index (χ3n) is 3.31. The maximum atomic E-state index is 11.9. The van der Waals surface area contributed by atoms with E-state index in [0.29, 0.717) is 11.5 Å². The minimum atomic E-state index is -0.133. The van der Waals surface area contributed by atoms with Crippen LogP contribution in [-0.2, 0) is 0 Å². The van der Waals surface area contributed by atoms with Gasteiger partial charge in [-0.05, 0) is 32.6 Å². The van der Waals surface area contributed by atoms with Gasteiger partial charge in [0.25, 0.3) is 5.91 Å². The number of amides is 1. The molecule has 1 heterocycles. The Morgan fingerprint density at radius 2 is 2.17 bits per heavy atom. The van der Waals surface area contributed by atoms with Gasteiger partial charge in [-0.15, -0.1) is 0 Å². The summed E-state index contributed by atoms with van der Waals surface area (Å²) in [4.78, 5) is 20.3. The van der Waals surface area contributed by atoms with Crippen molar-refractivity contribution in [2.24, 2.45) is 0 Å². The second-order valence-corrected chi connectivity index (χ2v) is 5.08. The molecular formula is C13H20N4O. The third-order valence-corrected chi connectivity index (χ3v) is 3.31. The van der Waals surface area contributed by atoms with Gasteiger partial charge in [0.2, 0.25) is 0 Å². The van der Waals surface area contributed by atoms with E-state index in [9.17, 15) is 4.79 Å². The zero-order chi connectivity index (χ0) is 13.0. The molecular weight excluding hydrogens is 228 g/mol. The summed E-state index contributed by atoms with van der Waals surface area (Å²) in [5.74, 6) is 0.579. The summed E-state index contributed by atoms with van der Waals surface area (Å²) < 4.78 is 0. The van der Waals surface area contributed by atoms with Gasteiger partial charge >= 0.3 is 0 Å². The van der Waals surface area contributed by atoms with Crippen LogP contribution in [0, 0.1) is 0 Å². The van der Waals surface area contributed by atoms with Gasteiger partial charge in [0, 0.05) is 12.1 Å². The van der Waals surface area contributed by atoms with Crippen molar-refractivity contribution < 1.29 is 4.79 Å². The van der Waals surface area contributed by atoms with Crippen LogP contribution >= 0.6 is 0 Å². The minimum Gasteiger partial charge on any atom is -0.369 e. The van der Waals surface area contributed by atoms with Crippen LogP contribution in [0.25, 0.3) is 0 Å². The van der Waals surface area contributed by atoms with E-state index in [1.165, 1.54) is 12.6 Å². The topological polar surface area (TPSA) is 66.9 Å². The third kappa shape index (κ3) is 2.97. The quantitative estimate of drug-likeness (QED) is 0.836. The summed E-state index contributed by atoms with van der Waals surface area (Å²) in [5.41, 5.74) is 0.336. The number of carbonyl (C=O) groups is 1. The van der Waals surface area contributed by atoms with Crippen LogP contribution in [0.3, 0.4) is 0 Å². The molecule has 5 nitrogen and oxygen atoms in total. The molecule has 1 aliphatic rings. The lowest BCUT2D eigenvalue weighted by Crippen LogP contribution is -2.51. The summed E-state index contributed by atoms with van der Waals surface area (Å²) in [6.45, 7) is 5.01. The molecule has 0 radical (unpaired) electrons. The number of nitrogens with one attached hydrogen (secondary N) is 2. The molecule has 1 aromatic rings. The van der Waals surface area contributed by atoms with Crippen LogP contribution in [0.4, 0.5) is 5.82 Å². The number of anilines is 1. The van der Waals surface area contributed by atoms with Gasteiger partial charge in [-0.3, -0.25) is 4.79 Å². The largest absolute Gasteiger partial charge is 0.369 e. The number of nitrogens with zero attached hydrogens (tertiary/aromatic N) is 2. The highest BCUT2D eigenvalue weighted by Gasteiger charge is 2.33. The van der Waals surface area contributed by atoms with Gasteiger partial charge in [-0.1, -0.05) is 6.92 Å². The second kappa shape index (κ2) is 5.33. The normalized spacial score (nSPS) is 16.8. The molecule has 2 N–H and O–H groups in total. The van der Waals surface area contributed by atoms with Crippen molar-refractivity contribution in [3.8, 4) is 0 Å². The summed E-state index contributed by atoms with van der Waals surface area (Å²) in [7, 11) is 0. The Bertz CT molecular complexity index is 412. The van der Waals surface area contributed by atoms with E-state index in [0.717, 1.165) is 25.8 Å². The molecule has 0 aliphatic heterocycles. The van der Waals surface area contributed by atoms with Crippen LogP contribution in [0.15, 0.2) is 12.4 Å². The number of rotatable bonds is 5. The van der Waals surface area contributed by atoms with E-state index in [1.54, 1.807) is 6.20 Å². The smallest absolute Gasteiger partial charge is 0.271 e. The molecule has 1 amide bonds. The minimum absolute atomic E-state index is 0.0438. The van der Waals surface area contributed by atoms with E-state index in [1.807, 2.05) is 0 Å². The fraction of sp³-hybridized carbons (Fsp3) is 0.615. The fourth-order valence-corrected chi connectivity index (χ4v) is 1.96. The molecule has 1 aromatic heterocycles. The average molecular weight is 248 g/mol. The van der Waals surface area contributed by atoms with Crippen molar-refractivity contribution >= 4 is 11.7 Å². The lowest BCUT2D eigenvalue weighted by Gasteiger charge is -2.38. The molecule has 5 heteroatoms. The molecule has 0 aromatic carbocycles. The summed E-state index contributed by atoms with van der Waals surface area (Å²) in [5, 5.41) is 6.14. The van der Waals surface area contributed by atoms with Crippen molar-refractivity contribution in [2.75, 3.05) is 11.9 Å². The first kappa shape index (κ1) is 12.8. The van der Waals surface area contributed by atoms with E-state index in [4.69, 9.17) is 0 Å². The van der Waals surface area contributed by atoms with Crippen molar-refractivity contribution in [1.82, 2.24) is 15.3 Å². The Labute approximate surface area is 107 Å². The zero-order valence-corrected chi connectivity index (χ0v) is 11.0. The Hall–Kier alpha value is -1.65. The molecule has 0 atom stereocenters. The van der Waals surface area contributed by atoms with Crippen molar-refractivity contribution in [3.05, 3.63) is 18.1 Å². The van der Waals surface area contributed by atoms with Gasteiger partial charge in [0.15, 0.2) is 0 Å². The predicted octanol–water partition coefficient (Wildman–Crippen LogP) is 1.97. The monoisotopic (exact) mass is 248 g/mol. The second-order valence-electron chi connectivity index (χ2n) is 5.08. The first-order valence-corrected chi connectivity index (χ1v) is 6.51. The van der Waals surface area contributed by atoms with Gasteiger partial charge in [0.05, 0.1) is 12.4 Å². The average Bonchev–Trinajstić information content (AvgIpc) is 2.35. The highest BCUT2D eigenvalue weighted by molar-refractivity contribution is 5.92. The SMILES string of the molecule is CCCNc1cnc(C(=O)NC2(C)CCC2)cn1. The van der Waals surface area contributed by atoms with Gasteiger partial charge in [-0.2, -0.15) is 0 Å². The summed E-state index contributed by atoms with van der Waals surface area (Å²) >= 11 is 0. The Balaban J connectivity index is 1.94. The fourth-order valence-electron chi connectivity index (χ4n) is 1.96. The molecule has 18 heavy (non-hydrogen) atoms. The molecule has 0 unspecified atom stereocenters. The number of hydrogen-bond donors (Lipinski definition) is 2. The predicted molar refractivity (Wildman–Crippen MR) is 70.5 cm³/mol. The zero-order valence-electron chi connectivity index (χ0n) is 11.0. The van der Waals surface area contributed by atoms with Crippen molar-refractivity contribution in [3.63, 3.8) is 0 Å². The molecule has 0 saturated heterocycles. The van der Waals surface area contributed by atoms with Crippen LogP contribution in [-0.4, -0.2) is 28.0 Å². The molecule has 1 aliphatic carbocycles. The van der Waals surface area contributed by atoms with Crippen LogP contribution in [0.1, 0.15) is 50.0 Å². The highest BCUT2D eigenvalue weighted by atomic mass is 16.2. The molecule has 1 saturated carbocycles.